The molecule has 0 saturated carbocycles. The lowest BCUT2D eigenvalue weighted by molar-refractivity contribution is -0.385. The average Bonchev–Trinajstić information content (AvgIpc) is 4.23. The predicted molar refractivity (Wildman–Crippen MR) is 261 cm³/mol. The minimum atomic E-state index is -0.777. The highest BCUT2D eigenvalue weighted by atomic mass is 35.5. The Hall–Kier alpha value is -8.50. The van der Waals surface area contributed by atoms with Crippen molar-refractivity contribution in [1.29, 1.82) is 0 Å². The minimum Gasteiger partial charge on any atom is -0.484 e. The van der Waals surface area contributed by atoms with Gasteiger partial charge in [0.05, 0.1) is 45.4 Å². The number of nitro groups is 1. The van der Waals surface area contributed by atoms with Gasteiger partial charge in [0.25, 0.3) is 11.8 Å². The van der Waals surface area contributed by atoms with Crippen molar-refractivity contribution >= 4 is 99.2 Å². The van der Waals surface area contributed by atoms with Gasteiger partial charge in [-0.3, -0.25) is 19.7 Å². The van der Waals surface area contributed by atoms with Crippen LogP contribution in [-0.2, 0) is 0 Å². The van der Waals surface area contributed by atoms with Crippen LogP contribution in [0.2, 0.25) is 20.1 Å². The van der Waals surface area contributed by atoms with Crippen LogP contribution in [0.4, 0.5) is 37.3 Å². The van der Waals surface area contributed by atoms with Crippen LogP contribution < -0.4 is 31.6 Å². The van der Waals surface area contributed by atoms with Gasteiger partial charge >= 0.3 is 5.69 Å². The van der Waals surface area contributed by atoms with Crippen LogP contribution in [0.15, 0.2) is 127 Å². The number of rotatable bonds is 11. The van der Waals surface area contributed by atoms with Crippen molar-refractivity contribution in [2.24, 2.45) is 0 Å². The van der Waals surface area contributed by atoms with E-state index in [-0.39, 0.29) is 72.5 Å². The predicted octanol–water partition coefficient (Wildman–Crippen LogP) is 10.4. The van der Waals surface area contributed by atoms with Crippen LogP contribution in [0, 0.1) is 28.7 Å². The van der Waals surface area contributed by atoms with Crippen LogP contribution in [0.25, 0.3) is 0 Å². The normalized spacial score (nSPS) is 10.9. The highest BCUT2D eigenvalue weighted by Gasteiger charge is 2.23. The quantitative estimate of drug-likeness (QED) is 0.0531. The Balaban J connectivity index is 0.000000233. The Kier molecular flexibility index (Phi) is 22.4. The number of carbonyl (C=O) groups is 2. The van der Waals surface area contributed by atoms with Gasteiger partial charge in [-0.15, -0.1) is 27.7 Å². The number of nitrogens with two attached hydrogens (primary N) is 2. The number of hydrogen-bond donors (Lipinski definition) is 4. The molecule has 2 unspecified atom stereocenters. The Morgan fingerprint density at radius 1 is 0.676 bits per heavy atom. The summed E-state index contributed by atoms with van der Waals surface area (Å²) in [7, 11) is 0. The molecule has 74 heavy (non-hydrogen) atoms. The monoisotopic (exact) mass is 1120 g/mol. The van der Waals surface area contributed by atoms with Crippen LogP contribution in [0.5, 0.6) is 11.5 Å². The molecule has 7 heterocycles. The summed E-state index contributed by atoms with van der Waals surface area (Å²) in [4.78, 5) is 33.7. The van der Waals surface area contributed by atoms with E-state index in [1.807, 2.05) is 0 Å². The molecule has 0 bridgehead atoms. The average molecular weight is 1130 g/mol. The van der Waals surface area contributed by atoms with Gasteiger partial charge in [-0.2, -0.15) is 5.10 Å². The first-order valence-electron chi connectivity index (χ1n) is 19.9. The summed E-state index contributed by atoms with van der Waals surface area (Å²) in [5.74, 6) is -2.07. The van der Waals surface area contributed by atoms with E-state index < -0.39 is 40.6 Å². The van der Waals surface area contributed by atoms with Gasteiger partial charge in [0.1, 0.15) is 77.9 Å². The zero-order valence-corrected chi connectivity index (χ0v) is 41.6. The number of hydrogen-bond acceptors (Lipinski definition) is 22. The van der Waals surface area contributed by atoms with Crippen molar-refractivity contribution in [3.05, 3.63) is 175 Å². The number of nitrogens with one attached hydrogen (secondary N) is 2. The van der Waals surface area contributed by atoms with Crippen molar-refractivity contribution in [2.75, 3.05) is 22.1 Å². The number of aromatic nitrogens is 9. The summed E-state index contributed by atoms with van der Waals surface area (Å²) in [6.07, 6.45) is 11.6. The van der Waals surface area contributed by atoms with Crippen LogP contribution in [0.3, 0.4) is 0 Å². The molecule has 9 rings (SSSR count). The van der Waals surface area contributed by atoms with E-state index in [1.54, 1.807) is 33.0 Å². The van der Waals surface area contributed by atoms with Crippen LogP contribution >= 0.6 is 58.8 Å². The SMILES string of the molecule is CC(Oc1cc(C(=O)Nc2cnoc2)nnc1N)c1c(Cl)ccc(F)c1Cl.Cc1nnc(C(=O)Nc2cnoc2)cc1OC(C)c1c(Cl)ccc(F)c1Cl.Cl.Nc1cnoc1.O=[N+]([O-])c1cnoc1.c1cnoc1. The van der Waals surface area contributed by atoms with Gasteiger partial charge in [0.15, 0.2) is 23.0 Å². The van der Waals surface area contributed by atoms with Crippen molar-refractivity contribution < 1.29 is 55.4 Å². The fourth-order valence-electron chi connectivity index (χ4n) is 5.19. The Labute approximate surface area is 440 Å². The first-order valence-corrected chi connectivity index (χ1v) is 21.5. The van der Waals surface area contributed by atoms with E-state index in [9.17, 15) is 28.5 Å². The fourth-order valence-corrected chi connectivity index (χ4v) is 6.54. The Morgan fingerprint density at radius 3 is 1.55 bits per heavy atom. The summed E-state index contributed by atoms with van der Waals surface area (Å²) in [5.41, 5.74) is 13.0. The van der Waals surface area contributed by atoms with E-state index in [2.05, 4.69) is 79.4 Å². The first kappa shape index (κ1) is 58.1. The smallest absolute Gasteiger partial charge is 0.328 e. The molecule has 0 radical (unpaired) electrons. The highest BCUT2D eigenvalue weighted by molar-refractivity contribution is 6.36. The maximum Gasteiger partial charge on any atom is 0.328 e. The first-order chi connectivity index (χ1) is 34.9. The molecule has 7 aromatic heterocycles. The second-order valence-corrected chi connectivity index (χ2v) is 15.3. The van der Waals surface area contributed by atoms with Crippen molar-refractivity contribution in [3.8, 4) is 11.5 Å². The van der Waals surface area contributed by atoms with Crippen molar-refractivity contribution in [3.63, 3.8) is 0 Å². The zero-order valence-electron chi connectivity index (χ0n) is 37.8. The summed E-state index contributed by atoms with van der Waals surface area (Å²) in [5, 5.41) is 47.0. The molecule has 0 spiro atoms. The van der Waals surface area contributed by atoms with E-state index >= 15 is 0 Å². The van der Waals surface area contributed by atoms with E-state index in [0.717, 1.165) is 18.5 Å². The number of carbonyl (C=O) groups excluding carboxylic acids is 2. The summed E-state index contributed by atoms with van der Waals surface area (Å²) >= 11 is 24.2. The summed E-state index contributed by atoms with van der Waals surface area (Å²) in [6, 6.07) is 9.52. The molecule has 2 atom stereocenters. The van der Waals surface area contributed by atoms with E-state index in [0.29, 0.717) is 28.3 Å². The fraction of sp³-hybridized carbons (Fsp3) is 0.119. The molecule has 32 heteroatoms. The molecule has 0 aliphatic heterocycles. The van der Waals surface area contributed by atoms with Gasteiger partial charge in [-0.1, -0.05) is 72.2 Å². The number of amides is 2. The lowest BCUT2D eigenvalue weighted by Crippen LogP contribution is -2.16. The molecular formula is C42H35Cl5F2N14O11. The molecule has 388 valence electrons. The number of nitrogen functional groups attached to an aromatic ring is 2. The molecule has 2 aromatic carbocycles. The van der Waals surface area contributed by atoms with Gasteiger partial charge in [-0.05, 0) is 51.1 Å². The molecule has 6 N–H and O–H groups in total. The zero-order chi connectivity index (χ0) is 53.0. The van der Waals surface area contributed by atoms with E-state index in [4.69, 9.17) is 67.3 Å². The van der Waals surface area contributed by atoms with Gasteiger partial charge < -0.3 is 54.2 Å². The van der Waals surface area contributed by atoms with Crippen molar-refractivity contribution in [2.45, 2.75) is 33.0 Å². The summed E-state index contributed by atoms with van der Waals surface area (Å²) in [6.45, 7) is 4.91. The number of benzene rings is 2. The molecule has 2 amide bonds. The molecule has 0 fully saturated rings. The van der Waals surface area contributed by atoms with Crippen LogP contribution in [0.1, 0.15) is 63.9 Å². The Morgan fingerprint density at radius 2 is 1.16 bits per heavy atom. The second-order valence-electron chi connectivity index (χ2n) is 13.7. The third kappa shape index (κ3) is 17.1. The molecule has 9 aromatic rings. The van der Waals surface area contributed by atoms with E-state index in [1.165, 1.54) is 74.0 Å². The third-order valence-corrected chi connectivity index (χ3v) is 10.00. The number of ether oxygens (including phenoxy) is 2. The van der Waals surface area contributed by atoms with Gasteiger partial charge in [0, 0.05) is 33.3 Å². The van der Waals surface area contributed by atoms with Crippen LogP contribution in [-0.4, -0.2) is 62.9 Å². The molecular weight excluding hydrogens is 1090 g/mol. The maximum atomic E-state index is 13.8. The summed E-state index contributed by atoms with van der Waals surface area (Å²) < 4.78 is 61.1. The molecule has 25 nitrogen and oxygen atoms in total. The lowest BCUT2D eigenvalue weighted by Gasteiger charge is -2.19. The minimum absolute atomic E-state index is 0. The number of aryl methyl sites for hydroxylation is 1. The lowest BCUT2D eigenvalue weighted by atomic mass is 10.1. The standard InChI is InChI=1S/C17H13Cl2FN4O3.C16H12Cl2FN5O3.C3H2N2O3.C3H4N2O.C3H3NO.ClH/c1-8-14(27-9(2)15-11(18)3-4-12(20)16(15)19)5-13(24-23-8)17(25)22-10-6-21-26-7-10;1-7(13-9(17)2-3-10(19)14(13)18)27-12-4-11(23-24-15(12)20)16(25)22-8-5-21-26-6-8;6-5(7)3-1-4-8-2-3;4-3-1-5-6-2-3;1-2-4-5-3-1;/h3-7,9H,1-2H3,(H,22,25);2-7H,1H3,(H2,20,24)(H,22,25);1-2H;1-2H,4H2;1-3H;1H. The third-order valence-electron chi connectivity index (χ3n) is 8.57. The topological polar surface area (TPSA) is 354 Å². The largest absolute Gasteiger partial charge is 0.484 e. The molecule has 0 saturated heterocycles. The number of nitrogens with zero attached hydrogens (tertiary/aromatic N) is 10. The second kappa shape index (κ2) is 28.5. The molecule has 0 aliphatic rings. The molecule has 0 aliphatic carbocycles. The van der Waals surface area contributed by atoms with Crippen molar-refractivity contribution in [1.82, 2.24) is 46.2 Å². The number of halogens is 7. The highest BCUT2D eigenvalue weighted by Crippen LogP contribution is 2.37. The maximum absolute atomic E-state index is 13.8. The van der Waals surface area contributed by atoms with Gasteiger partial charge in [-0.25, -0.2) is 8.78 Å². The van der Waals surface area contributed by atoms with Gasteiger partial charge in [0.2, 0.25) is 6.26 Å². The number of anilines is 4. The Bertz CT molecular complexity index is 2990.